The number of ether oxygens (including phenoxy) is 1. The van der Waals surface area contributed by atoms with Crippen LogP contribution in [0.4, 0.5) is 5.69 Å². The van der Waals surface area contributed by atoms with Gasteiger partial charge in [-0.25, -0.2) is 5.84 Å². The van der Waals surface area contributed by atoms with Gasteiger partial charge in [0.1, 0.15) is 5.60 Å². The summed E-state index contributed by atoms with van der Waals surface area (Å²) in [5.74, 6) is 5.09. The van der Waals surface area contributed by atoms with Crippen molar-refractivity contribution in [3.8, 4) is 0 Å². The van der Waals surface area contributed by atoms with E-state index in [2.05, 4.69) is 38.2 Å². The standard InChI is InChI=1S/C21H27N5O2.C5H10O2/c1-16(27)25-9-11-26(12-10-25)20-8-7-19(23-15-20)6-5-17-3-2-4-18(13-17)14-21(28)24-22;1-5(2,3)7-4-6/h2-4,7-8,13,15H,5-6,9-12,14,22H2,1H3,(H,24,28);4H,1-3H3. The van der Waals surface area contributed by atoms with Crippen LogP contribution in [0.15, 0.2) is 42.6 Å². The van der Waals surface area contributed by atoms with Crippen molar-refractivity contribution in [2.45, 2.75) is 52.6 Å². The van der Waals surface area contributed by atoms with Crippen molar-refractivity contribution >= 4 is 24.0 Å². The Morgan fingerprint density at radius 1 is 1.09 bits per heavy atom. The Kier molecular flexibility index (Phi) is 10.7. The maximum Gasteiger partial charge on any atom is 0.293 e. The normalized spacial score (nSPS) is 13.4. The van der Waals surface area contributed by atoms with Crippen molar-refractivity contribution in [2.24, 2.45) is 5.84 Å². The Bertz CT molecular complexity index is 964. The molecule has 2 aromatic rings. The zero-order chi connectivity index (χ0) is 25.8. The number of carbonyl (C=O) groups excluding carboxylic acids is 3. The summed E-state index contributed by atoms with van der Waals surface area (Å²) in [5.41, 5.74) is 6.10. The average molecular weight is 484 g/mol. The van der Waals surface area contributed by atoms with E-state index >= 15 is 0 Å². The largest absolute Gasteiger partial charge is 0.462 e. The summed E-state index contributed by atoms with van der Waals surface area (Å²) in [6, 6.07) is 12.2. The van der Waals surface area contributed by atoms with Gasteiger partial charge in [-0.3, -0.25) is 24.8 Å². The third-order valence-electron chi connectivity index (χ3n) is 5.49. The number of nitrogens with zero attached hydrogens (tertiary/aromatic N) is 3. The number of carbonyl (C=O) groups is 3. The molecule has 190 valence electrons. The third kappa shape index (κ3) is 10.1. The van der Waals surface area contributed by atoms with Crippen molar-refractivity contribution in [1.82, 2.24) is 15.3 Å². The van der Waals surface area contributed by atoms with Crippen molar-refractivity contribution < 1.29 is 19.1 Å². The highest BCUT2D eigenvalue weighted by molar-refractivity contribution is 5.77. The van der Waals surface area contributed by atoms with Crippen molar-refractivity contribution in [2.75, 3.05) is 31.1 Å². The number of nitrogens with one attached hydrogen (secondary N) is 1. The Balaban J connectivity index is 0.000000540. The zero-order valence-electron chi connectivity index (χ0n) is 21.1. The summed E-state index contributed by atoms with van der Waals surface area (Å²) in [6.45, 7) is 10.7. The number of amides is 2. The SMILES string of the molecule is CC(=O)N1CCN(c2ccc(CCc3cccc(CC(=O)NN)c3)nc2)CC1.CC(C)(C)OC=O. The van der Waals surface area contributed by atoms with Gasteiger partial charge in [-0.1, -0.05) is 24.3 Å². The first kappa shape index (κ1) is 27.8. The smallest absolute Gasteiger partial charge is 0.293 e. The molecular weight excluding hydrogens is 446 g/mol. The van der Waals surface area contributed by atoms with Crippen LogP contribution in [0.25, 0.3) is 0 Å². The number of benzene rings is 1. The van der Waals surface area contributed by atoms with E-state index in [4.69, 9.17) is 5.84 Å². The summed E-state index contributed by atoms with van der Waals surface area (Å²) >= 11 is 0. The van der Waals surface area contributed by atoms with Crippen LogP contribution >= 0.6 is 0 Å². The van der Waals surface area contributed by atoms with Crippen LogP contribution in [0.1, 0.15) is 44.5 Å². The van der Waals surface area contributed by atoms with Gasteiger partial charge in [0.25, 0.3) is 6.47 Å². The zero-order valence-corrected chi connectivity index (χ0v) is 21.1. The quantitative estimate of drug-likeness (QED) is 0.268. The first-order valence-electron chi connectivity index (χ1n) is 11.8. The van der Waals surface area contributed by atoms with Crippen molar-refractivity contribution in [1.29, 1.82) is 0 Å². The van der Waals surface area contributed by atoms with E-state index < -0.39 is 0 Å². The molecule has 0 atom stereocenters. The Morgan fingerprint density at radius 2 is 1.77 bits per heavy atom. The lowest BCUT2D eigenvalue weighted by atomic mass is 10.0. The molecule has 9 heteroatoms. The number of hydrazine groups is 1. The van der Waals surface area contributed by atoms with E-state index in [0.717, 1.165) is 56.0 Å². The monoisotopic (exact) mass is 483 g/mol. The minimum absolute atomic E-state index is 0.140. The van der Waals surface area contributed by atoms with Gasteiger partial charge in [0.2, 0.25) is 11.8 Å². The van der Waals surface area contributed by atoms with Gasteiger partial charge >= 0.3 is 0 Å². The minimum atomic E-state index is -0.318. The molecule has 0 spiro atoms. The fraction of sp³-hybridized carbons (Fsp3) is 0.462. The molecule has 1 aromatic carbocycles. The van der Waals surface area contributed by atoms with Gasteiger partial charge in [-0.05, 0) is 56.9 Å². The van der Waals surface area contributed by atoms with Gasteiger partial charge in [-0.2, -0.15) is 0 Å². The van der Waals surface area contributed by atoms with Crippen LogP contribution < -0.4 is 16.2 Å². The number of aryl methyl sites for hydroxylation is 2. The summed E-state index contributed by atoms with van der Waals surface area (Å²) in [4.78, 5) is 41.2. The summed E-state index contributed by atoms with van der Waals surface area (Å²) < 4.78 is 4.55. The third-order valence-corrected chi connectivity index (χ3v) is 5.49. The molecule has 1 aliphatic rings. The number of rotatable bonds is 7. The number of pyridine rings is 1. The second kappa shape index (κ2) is 13.4. The lowest BCUT2D eigenvalue weighted by molar-refractivity contribution is -0.138. The fourth-order valence-corrected chi connectivity index (χ4v) is 3.58. The molecule has 1 aromatic heterocycles. The Labute approximate surface area is 207 Å². The van der Waals surface area contributed by atoms with Crippen molar-refractivity contribution in [3.63, 3.8) is 0 Å². The average Bonchev–Trinajstić information content (AvgIpc) is 2.83. The minimum Gasteiger partial charge on any atom is -0.462 e. The number of piperazine rings is 1. The highest BCUT2D eigenvalue weighted by Crippen LogP contribution is 2.17. The second-order valence-electron chi connectivity index (χ2n) is 9.39. The first-order chi connectivity index (χ1) is 16.6. The lowest BCUT2D eigenvalue weighted by Crippen LogP contribution is -2.48. The van der Waals surface area contributed by atoms with Gasteiger partial charge in [0, 0.05) is 38.8 Å². The van der Waals surface area contributed by atoms with E-state index in [1.807, 2.05) is 50.1 Å². The highest BCUT2D eigenvalue weighted by atomic mass is 16.5. The molecule has 2 heterocycles. The van der Waals surface area contributed by atoms with Gasteiger partial charge in [0.05, 0.1) is 18.3 Å². The van der Waals surface area contributed by atoms with Gasteiger partial charge in [-0.15, -0.1) is 0 Å². The molecule has 0 bridgehead atoms. The molecule has 2 amide bonds. The molecule has 0 unspecified atom stereocenters. The molecule has 0 aliphatic carbocycles. The van der Waals surface area contributed by atoms with Crippen LogP contribution in [0.2, 0.25) is 0 Å². The predicted octanol–water partition coefficient (Wildman–Crippen LogP) is 2.03. The molecule has 3 rings (SSSR count). The second-order valence-corrected chi connectivity index (χ2v) is 9.39. The maximum atomic E-state index is 11.4. The summed E-state index contributed by atoms with van der Waals surface area (Å²) in [5, 5.41) is 0. The lowest BCUT2D eigenvalue weighted by Gasteiger charge is -2.35. The van der Waals surface area contributed by atoms with E-state index in [1.54, 1.807) is 6.92 Å². The van der Waals surface area contributed by atoms with Gasteiger partial charge in [0.15, 0.2) is 0 Å². The molecule has 3 N–H and O–H groups in total. The van der Waals surface area contributed by atoms with Crippen LogP contribution in [0, 0.1) is 0 Å². The number of aromatic nitrogens is 1. The predicted molar refractivity (Wildman–Crippen MR) is 135 cm³/mol. The summed E-state index contributed by atoms with van der Waals surface area (Å²) in [7, 11) is 0. The molecule has 35 heavy (non-hydrogen) atoms. The summed E-state index contributed by atoms with van der Waals surface area (Å²) in [6.07, 6.45) is 3.90. The fourth-order valence-electron chi connectivity index (χ4n) is 3.58. The van der Waals surface area contributed by atoms with Crippen LogP contribution in [0.3, 0.4) is 0 Å². The van der Waals surface area contributed by atoms with Crippen molar-refractivity contribution in [3.05, 3.63) is 59.4 Å². The Morgan fingerprint density at radius 3 is 2.29 bits per heavy atom. The van der Waals surface area contributed by atoms with E-state index in [1.165, 1.54) is 5.56 Å². The Hall–Kier alpha value is -3.46. The topological polar surface area (TPSA) is 118 Å². The highest BCUT2D eigenvalue weighted by Gasteiger charge is 2.18. The molecule has 9 nitrogen and oxygen atoms in total. The van der Waals surface area contributed by atoms with E-state index in [0.29, 0.717) is 6.47 Å². The molecule has 0 radical (unpaired) electrons. The van der Waals surface area contributed by atoms with E-state index in [-0.39, 0.29) is 23.8 Å². The van der Waals surface area contributed by atoms with Crippen LogP contribution in [-0.2, 0) is 38.4 Å². The van der Waals surface area contributed by atoms with Crippen LogP contribution in [0.5, 0.6) is 0 Å². The number of hydrogen-bond donors (Lipinski definition) is 2. The molecular formula is C26H37N5O4. The van der Waals surface area contributed by atoms with Gasteiger partial charge < -0.3 is 14.5 Å². The number of nitrogens with two attached hydrogens (primary N) is 1. The maximum absolute atomic E-state index is 11.4. The molecule has 0 saturated carbocycles. The number of hydrogen-bond acceptors (Lipinski definition) is 7. The van der Waals surface area contributed by atoms with E-state index in [9.17, 15) is 14.4 Å². The molecule has 1 aliphatic heterocycles. The first-order valence-corrected chi connectivity index (χ1v) is 11.8. The molecule has 1 fully saturated rings. The van der Waals surface area contributed by atoms with Crippen LogP contribution in [-0.4, -0.2) is 60.0 Å². The molecule has 1 saturated heterocycles. The number of anilines is 1.